The molecule has 0 atom stereocenters. The maximum atomic E-state index is 8.66. The quantitative estimate of drug-likeness (QED) is 0.763. The second-order valence-corrected chi connectivity index (χ2v) is 3.64. The van der Waals surface area contributed by atoms with E-state index in [0.29, 0.717) is 12.1 Å². The van der Waals surface area contributed by atoms with E-state index in [1.807, 2.05) is 25.2 Å². The average Bonchev–Trinajstić information content (AvgIpc) is 2.22. The van der Waals surface area contributed by atoms with E-state index in [4.69, 9.17) is 11.0 Å². The first-order chi connectivity index (χ1) is 7.19. The predicted molar refractivity (Wildman–Crippen MR) is 63.7 cm³/mol. The van der Waals surface area contributed by atoms with Gasteiger partial charge in [0.05, 0.1) is 12.5 Å². The van der Waals surface area contributed by atoms with Crippen LogP contribution in [0.1, 0.15) is 18.9 Å². The Morgan fingerprint density at radius 1 is 1.47 bits per heavy atom. The number of nitrogen functional groups attached to an aromatic ring is 1. The Balaban J connectivity index is 2.92. The minimum absolute atomic E-state index is 0.375. The van der Waals surface area contributed by atoms with Crippen molar-refractivity contribution in [1.29, 1.82) is 5.26 Å². The van der Waals surface area contributed by atoms with Crippen LogP contribution in [-0.2, 0) is 6.42 Å². The van der Waals surface area contributed by atoms with Gasteiger partial charge in [-0.1, -0.05) is 6.92 Å². The van der Waals surface area contributed by atoms with Crippen molar-refractivity contribution < 1.29 is 0 Å². The van der Waals surface area contributed by atoms with Crippen LogP contribution in [0, 0.1) is 11.3 Å². The van der Waals surface area contributed by atoms with Crippen LogP contribution in [0.25, 0.3) is 0 Å². The largest absolute Gasteiger partial charge is 0.398 e. The topological polar surface area (TPSA) is 53.0 Å². The van der Waals surface area contributed by atoms with E-state index in [1.165, 1.54) is 0 Å². The molecule has 2 N–H and O–H groups in total. The van der Waals surface area contributed by atoms with Crippen molar-refractivity contribution in [1.82, 2.24) is 0 Å². The van der Waals surface area contributed by atoms with Gasteiger partial charge in [-0.25, -0.2) is 0 Å². The summed E-state index contributed by atoms with van der Waals surface area (Å²) in [5.74, 6) is 0. The Hall–Kier alpha value is -1.69. The van der Waals surface area contributed by atoms with E-state index in [0.717, 1.165) is 24.2 Å². The van der Waals surface area contributed by atoms with Gasteiger partial charge < -0.3 is 10.6 Å². The molecule has 0 fully saturated rings. The molecule has 1 rings (SSSR count). The molecule has 1 aromatic rings. The zero-order chi connectivity index (χ0) is 11.3. The molecule has 3 nitrogen and oxygen atoms in total. The number of nitrogens with zero attached hydrogens (tertiary/aromatic N) is 2. The number of hydrogen-bond acceptors (Lipinski definition) is 3. The molecule has 0 aliphatic rings. The summed E-state index contributed by atoms with van der Waals surface area (Å²) < 4.78 is 0. The lowest BCUT2D eigenvalue weighted by atomic mass is 10.1. The second-order valence-electron chi connectivity index (χ2n) is 3.64. The summed E-state index contributed by atoms with van der Waals surface area (Å²) in [6, 6.07) is 7.98. The highest BCUT2D eigenvalue weighted by Crippen LogP contribution is 2.20. The zero-order valence-electron chi connectivity index (χ0n) is 9.33. The maximum absolute atomic E-state index is 8.66. The maximum Gasteiger partial charge on any atom is 0.0670 e. The van der Waals surface area contributed by atoms with Gasteiger partial charge in [0.2, 0.25) is 0 Å². The third kappa shape index (κ3) is 2.88. The van der Waals surface area contributed by atoms with Gasteiger partial charge in [-0.2, -0.15) is 5.26 Å². The molecule has 0 radical (unpaired) electrons. The number of nitrogens with two attached hydrogens (primary N) is 1. The first-order valence-electron chi connectivity index (χ1n) is 5.15. The van der Waals surface area contributed by atoms with Crippen LogP contribution >= 0.6 is 0 Å². The van der Waals surface area contributed by atoms with Crippen molar-refractivity contribution in [3.05, 3.63) is 23.8 Å². The van der Waals surface area contributed by atoms with Crippen LogP contribution in [0.15, 0.2) is 18.2 Å². The predicted octanol–water partition coefficient (Wildman–Crippen LogP) is 2.18. The number of anilines is 2. The third-order valence-corrected chi connectivity index (χ3v) is 2.40. The smallest absolute Gasteiger partial charge is 0.0670 e. The lowest BCUT2D eigenvalue weighted by Crippen LogP contribution is -2.17. The fourth-order valence-electron chi connectivity index (χ4n) is 1.53. The summed E-state index contributed by atoms with van der Waals surface area (Å²) in [4.78, 5) is 2.17. The van der Waals surface area contributed by atoms with Gasteiger partial charge in [-0.15, -0.1) is 0 Å². The van der Waals surface area contributed by atoms with E-state index in [2.05, 4.69) is 17.9 Å². The highest BCUT2D eigenvalue weighted by atomic mass is 15.1. The van der Waals surface area contributed by atoms with Crippen LogP contribution in [0.2, 0.25) is 0 Å². The number of nitriles is 1. The first-order valence-corrected chi connectivity index (χ1v) is 5.15. The van der Waals surface area contributed by atoms with Crippen molar-refractivity contribution in [3.63, 3.8) is 0 Å². The van der Waals surface area contributed by atoms with E-state index < -0.39 is 0 Å². The molecule has 0 amide bonds. The summed E-state index contributed by atoms with van der Waals surface area (Å²) in [6.07, 6.45) is 1.48. The second kappa shape index (κ2) is 5.26. The van der Waals surface area contributed by atoms with Gasteiger partial charge in [-0.05, 0) is 30.2 Å². The summed E-state index contributed by atoms with van der Waals surface area (Å²) in [5.41, 5.74) is 8.52. The van der Waals surface area contributed by atoms with Crippen molar-refractivity contribution in [2.75, 3.05) is 24.2 Å². The molecule has 0 heterocycles. The minimum Gasteiger partial charge on any atom is -0.398 e. The normalized spacial score (nSPS) is 9.67. The molecule has 0 aliphatic carbocycles. The lowest BCUT2D eigenvalue weighted by molar-refractivity contribution is 0.851. The molecule has 0 spiro atoms. The first kappa shape index (κ1) is 11.4. The zero-order valence-corrected chi connectivity index (χ0v) is 9.33. The fraction of sp³-hybridized carbons (Fsp3) is 0.417. The van der Waals surface area contributed by atoms with Gasteiger partial charge in [-0.3, -0.25) is 0 Å². The van der Waals surface area contributed by atoms with Crippen LogP contribution < -0.4 is 10.6 Å². The molecule has 0 aromatic heterocycles. The molecule has 1 aromatic carbocycles. The Morgan fingerprint density at radius 2 is 2.20 bits per heavy atom. The molecule has 3 heteroatoms. The molecule has 0 aliphatic heterocycles. The standard InChI is InChI=1S/C12H17N3/c1-3-8-15(2)11-4-5-12(14)10(9-11)6-7-13/h4-5,9H,3,6,8,14H2,1-2H3. The van der Waals surface area contributed by atoms with E-state index in [-0.39, 0.29) is 0 Å². The van der Waals surface area contributed by atoms with Crippen molar-refractivity contribution in [2.45, 2.75) is 19.8 Å². The van der Waals surface area contributed by atoms with Crippen molar-refractivity contribution in [2.24, 2.45) is 0 Å². The molecule has 0 saturated heterocycles. The van der Waals surface area contributed by atoms with E-state index >= 15 is 0 Å². The molecular formula is C12H17N3. The fourth-order valence-corrected chi connectivity index (χ4v) is 1.53. The molecule has 15 heavy (non-hydrogen) atoms. The number of rotatable bonds is 4. The van der Waals surface area contributed by atoms with Gasteiger partial charge >= 0.3 is 0 Å². The van der Waals surface area contributed by atoms with Gasteiger partial charge in [0.25, 0.3) is 0 Å². The van der Waals surface area contributed by atoms with Gasteiger partial charge in [0.1, 0.15) is 0 Å². The Bertz CT molecular complexity index is 366. The summed E-state index contributed by atoms with van der Waals surface area (Å²) in [5, 5.41) is 8.66. The van der Waals surface area contributed by atoms with Gasteiger partial charge in [0.15, 0.2) is 0 Å². The van der Waals surface area contributed by atoms with Gasteiger partial charge in [0, 0.05) is 25.0 Å². The summed E-state index contributed by atoms with van der Waals surface area (Å²) in [6.45, 7) is 3.15. The molecule has 0 saturated carbocycles. The van der Waals surface area contributed by atoms with E-state index in [1.54, 1.807) is 0 Å². The van der Waals surface area contributed by atoms with Crippen LogP contribution in [0.3, 0.4) is 0 Å². The average molecular weight is 203 g/mol. The molecule has 80 valence electrons. The summed E-state index contributed by atoms with van der Waals surface area (Å²) in [7, 11) is 2.05. The van der Waals surface area contributed by atoms with Crippen LogP contribution in [-0.4, -0.2) is 13.6 Å². The highest BCUT2D eigenvalue weighted by molar-refractivity contribution is 5.58. The number of benzene rings is 1. The minimum atomic E-state index is 0.375. The summed E-state index contributed by atoms with van der Waals surface area (Å²) >= 11 is 0. The lowest BCUT2D eigenvalue weighted by Gasteiger charge is -2.19. The third-order valence-electron chi connectivity index (χ3n) is 2.40. The Morgan fingerprint density at radius 3 is 2.80 bits per heavy atom. The van der Waals surface area contributed by atoms with E-state index in [9.17, 15) is 0 Å². The molecule has 0 bridgehead atoms. The molecule has 0 unspecified atom stereocenters. The van der Waals surface area contributed by atoms with Crippen molar-refractivity contribution >= 4 is 11.4 Å². The SMILES string of the molecule is CCCN(C)c1ccc(N)c(CC#N)c1. The highest BCUT2D eigenvalue weighted by Gasteiger charge is 2.03. The molecular weight excluding hydrogens is 186 g/mol. The number of hydrogen-bond donors (Lipinski definition) is 1. The van der Waals surface area contributed by atoms with Crippen LogP contribution in [0.4, 0.5) is 11.4 Å². The monoisotopic (exact) mass is 203 g/mol. The Labute approximate surface area is 91.1 Å². The van der Waals surface area contributed by atoms with Crippen molar-refractivity contribution in [3.8, 4) is 6.07 Å². The van der Waals surface area contributed by atoms with Crippen LogP contribution in [0.5, 0.6) is 0 Å². The Kier molecular flexibility index (Phi) is 3.99.